The van der Waals surface area contributed by atoms with E-state index in [1.54, 1.807) is 12.1 Å². The Hall–Kier alpha value is -2.54. The Labute approximate surface area is 178 Å². The number of anilines is 1. The summed E-state index contributed by atoms with van der Waals surface area (Å²) in [5.41, 5.74) is 5.22. The van der Waals surface area contributed by atoms with Crippen LogP contribution in [0.25, 0.3) is 0 Å². The van der Waals surface area contributed by atoms with Gasteiger partial charge in [-0.2, -0.15) is 0 Å². The Morgan fingerprint density at radius 2 is 1.87 bits per heavy atom. The molecule has 0 bridgehead atoms. The van der Waals surface area contributed by atoms with Crippen molar-refractivity contribution in [1.29, 1.82) is 0 Å². The van der Waals surface area contributed by atoms with E-state index in [0.717, 1.165) is 30.2 Å². The summed E-state index contributed by atoms with van der Waals surface area (Å²) < 4.78 is 31.8. The molecule has 0 unspecified atom stereocenters. The van der Waals surface area contributed by atoms with Crippen molar-refractivity contribution in [3.8, 4) is 5.75 Å². The largest absolute Gasteiger partial charge is 0.476 e. The Morgan fingerprint density at radius 3 is 2.60 bits per heavy atom. The lowest BCUT2D eigenvalue weighted by atomic mass is 9.89. The number of sulfonamides is 1. The monoisotopic (exact) mass is 428 g/mol. The molecule has 0 radical (unpaired) electrons. The molecule has 0 aromatic heterocycles. The summed E-state index contributed by atoms with van der Waals surface area (Å²) in [5.74, 6) is 0.0919. The summed E-state index contributed by atoms with van der Waals surface area (Å²) in [4.78, 5) is 13.0. The van der Waals surface area contributed by atoms with Gasteiger partial charge in [0.25, 0.3) is 5.91 Å². The van der Waals surface area contributed by atoms with Crippen molar-refractivity contribution in [2.24, 2.45) is 0 Å². The molecule has 30 heavy (non-hydrogen) atoms. The average Bonchev–Trinajstić information content (AvgIpc) is 2.71. The number of benzene rings is 2. The van der Waals surface area contributed by atoms with Gasteiger partial charge in [-0.1, -0.05) is 24.3 Å². The fraction of sp³-hybridized carbons (Fsp3) is 0.435. The van der Waals surface area contributed by atoms with E-state index in [4.69, 9.17) is 4.74 Å². The van der Waals surface area contributed by atoms with Crippen molar-refractivity contribution < 1.29 is 17.9 Å². The number of rotatable bonds is 4. The van der Waals surface area contributed by atoms with Crippen LogP contribution in [-0.2, 0) is 27.7 Å². The molecular weight excluding hydrogens is 400 g/mol. The maximum Gasteiger partial charge on any atom is 0.263 e. The SMILES string of the molecule is Cc1ccc2c(c1)O[C@H](C(=O)N[C@@H](C)c1ccc3c(c1)CCCC3)CN2S(C)(=O)=O. The first-order chi connectivity index (χ1) is 14.2. The molecule has 1 amide bonds. The third-order valence-electron chi connectivity index (χ3n) is 5.91. The Balaban J connectivity index is 1.53. The second-order valence-corrected chi connectivity index (χ2v) is 10.2. The predicted octanol–water partition coefficient (Wildman–Crippen LogP) is 3.28. The molecule has 2 atom stereocenters. The minimum absolute atomic E-state index is 0.0440. The number of hydrogen-bond acceptors (Lipinski definition) is 4. The minimum Gasteiger partial charge on any atom is -0.476 e. The van der Waals surface area contributed by atoms with E-state index in [1.807, 2.05) is 19.9 Å². The molecule has 1 heterocycles. The zero-order valence-electron chi connectivity index (χ0n) is 17.6. The van der Waals surface area contributed by atoms with E-state index < -0.39 is 16.1 Å². The van der Waals surface area contributed by atoms with Crippen molar-refractivity contribution in [2.75, 3.05) is 17.1 Å². The van der Waals surface area contributed by atoms with E-state index in [1.165, 1.54) is 28.3 Å². The first-order valence-corrected chi connectivity index (χ1v) is 12.2. The predicted molar refractivity (Wildman–Crippen MR) is 117 cm³/mol. The molecule has 2 aromatic carbocycles. The molecule has 1 aliphatic heterocycles. The van der Waals surface area contributed by atoms with Crippen LogP contribution in [0.4, 0.5) is 5.69 Å². The number of fused-ring (bicyclic) bond motifs is 2. The van der Waals surface area contributed by atoms with E-state index in [9.17, 15) is 13.2 Å². The summed E-state index contributed by atoms with van der Waals surface area (Å²) in [6, 6.07) is 11.5. The lowest BCUT2D eigenvalue weighted by molar-refractivity contribution is -0.128. The fourth-order valence-corrected chi connectivity index (χ4v) is 5.14. The van der Waals surface area contributed by atoms with Crippen molar-refractivity contribution >= 4 is 21.6 Å². The van der Waals surface area contributed by atoms with Crippen LogP contribution in [0, 0.1) is 6.92 Å². The van der Waals surface area contributed by atoms with Crippen LogP contribution in [0.3, 0.4) is 0 Å². The Bertz CT molecular complexity index is 1080. The van der Waals surface area contributed by atoms with Gasteiger partial charge in [0, 0.05) is 0 Å². The number of ether oxygens (including phenoxy) is 1. The standard InChI is InChI=1S/C23H28N2O4S/c1-15-8-11-20-21(12-15)29-22(14-25(20)30(3,27)28)23(26)24-16(2)18-10-9-17-6-4-5-7-19(17)13-18/h8-13,16,22H,4-7,14H2,1-3H3,(H,24,26)/t16-,22-/m0/s1. The molecule has 0 spiro atoms. The highest BCUT2D eigenvalue weighted by molar-refractivity contribution is 7.92. The zero-order valence-corrected chi connectivity index (χ0v) is 18.5. The van der Waals surface area contributed by atoms with Gasteiger partial charge in [0.1, 0.15) is 5.75 Å². The van der Waals surface area contributed by atoms with Crippen LogP contribution >= 0.6 is 0 Å². The lowest BCUT2D eigenvalue weighted by Gasteiger charge is -2.34. The Kier molecular flexibility index (Phi) is 5.49. The molecule has 1 N–H and O–H groups in total. The van der Waals surface area contributed by atoms with Crippen molar-refractivity contribution in [2.45, 2.75) is 51.7 Å². The highest BCUT2D eigenvalue weighted by Gasteiger charge is 2.35. The molecule has 6 nitrogen and oxygen atoms in total. The normalized spacial score (nSPS) is 19.3. The van der Waals surface area contributed by atoms with Gasteiger partial charge in [0.2, 0.25) is 10.0 Å². The van der Waals surface area contributed by atoms with Gasteiger partial charge < -0.3 is 10.1 Å². The molecular formula is C23H28N2O4S. The van der Waals surface area contributed by atoms with Crippen LogP contribution in [0.5, 0.6) is 5.75 Å². The number of carbonyl (C=O) groups excluding carboxylic acids is 1. The second-order valence-electron chi connectivity index (χ2n) is 8.34. The van der Waals surface area contributed by atoms with Gasteiger partial charge in [-0.05, 0) is 73.9 Å². The molecule has 0 fully saturated rings. The summed E-state index contributed by atoms with van der Waals surface area (Å²) in [5, 5.41) is 3.00. The summed E-state index contributed by atoms with van der Waals surface area (Å²) in [6.07, 6.45) is 4.87. The molecule has 0 saturated carbocycles. The lowest BCUT2D eigenvalue weighted by Crippen LogP contribution is -2.50. The summed E-state index contributed by atoms with van der Waals surface area (Å²) in [7, 11) is -3.54. The van der Waals surface area contributed by atoms with Gasteiger partial charge in [-0.15, -0.1) is 0 Å². The highest BCUT2D eigenvalue weighted by atomic mass is 32.2. The van der Waals surface area contributed by atoms with Gasteiger partial charge >= 0.3 is 0 Å². The Morgan fingerprint density at radius 1 is 1.13 bits per heavy atom. The maximum absolute atomic E-state index is 13.0. The van der Waals surface area contributed by atoms with Crippen molar-refractivity contribution in [3.63, 3.8) is 0 Å². The fourth-order valence-electron chi connectivity index (χ4n) is 4.22. The van der Waals surface area contributed by atoms with E-state index >= 15 is 0 Å². The van der Waals surface area contributed by atoms with Crippen LogP contribution in [0.2, 0.25) is 0 Å². The van der Waals surface area contributed by atoms with Crippen LogP contribution in [0.15, 0.2) is 36.4 Å². The molecule has 4 rings (SSSR count). The number of carbonyl (C=O) groups is 1. The van der Waals surface area contributed by atoms with E-state index in [2.05, 4.69) is 23.5 Å². The van der Waals surface area contributed by atoms with Crippen LogP contribution in [-0.4, -0.2) is 33.2 Å². The van der Waals surface area contributed by atoms with Crippen LogP contribution < -0.4 is 14.4 Å². The first-order valence-electron chi connectivity index (χ1n) is 10.4. The first kappa shape index (κ1) is 20.7. The molecule has 160 valence electrons. The zero-order chi connectivity index (χ0) is 21.5. The number of nitrogens with zero attached hydrogens (tertiary/aromatic N) is 1. The van der Waals surface area contributed by atoms with Gasteiger partial charge in [-0.25, -0.2) is 8.42 Å². The molecule has 2 aromatic rings. The summed E-state index contributed by atoms with van der Waals surface area (Å²) >= 11 is 0. The minimum atomic E-state index is -3.54. The van der Waals surface area contributed by atoms with Gasteiger partial charge in [0.15, 0.2) is 6.10 Å². The van der Waals surface area contributed by atoms with Crippen LogP contribution in [0.1, 0.15) is 48.1 Å². The van der Waals surface area contributed by atoms with Gasteiger partial charge in [0.05, 0.1) is 24.5 Å². The van der Waals surface area contributed by atoms with Crippen molar-refractivity contribution in [3.05, 3.63) is 58.7 Å². The van der Waals surface area contributed by atoms with E-state index in [0.29, 0.717) is 11.4 Å². The van der Waals surface area contributed by atoms with Gasteiger partial charge in [-0.3, -0.25) is 9.10 Å². The number of aryl methyl sites for hydroxylation is 3. The van der Waals surface area contributed by atoms with Crippen molar-refractivity contribution in [1.82, 2.24) is 5.32 Å². The topological polar surface area (TPSA) is 75.7 Å². The molecule has 1 aliphatic carbocycles. The molecule has 0 saturated heterocycles. The van der Waals surface area contributed by atoms with E-state index in [-0.39, 0.29) is 18.5 Å². The molecule has 7 heteroatoms. The second kappa shape index (κ2) is 7.95. The number of amides is 1. The smallest absolute Gasteiger partial charge is 0.263 e. The third kappa shape index (κ3) is 4.17. The number of hydrogen-bond donors (Lipinski definition) is 1. The maximum atomic E-state index is 13.0. The summed E-state index contributed by atoms with van der Waals surface area (Å²) in [6.45, 7) is 3.80. The number of nitrogens with one attached hydrogen (secondary N) is 1. The quantitative estimate of drug-likeness (QED) is 0.811. The third-order valence-corrected chi connectivity index (χ3v) is 7.06. The highest BCUT2D eigenvalue weighted by Crippen LogP contribution is 2.36. The molecule has 2 aliphatic rings. The average molecular weight is 429 g/mol.